The molecule has 1 aliphatic rings. The zero-order chi connectivity index (χ0) is 23.4. The quantitative estimate of drug-likeness (QED) is 0.516. The SMILES string of the molecule is O=C(COC(=O)[C@H]1CC(=O)N(NC(=O)c2ccc(Cl)cc2Cl)C1)Nc1ccc(Br)c(Cl)c1. The number of hydrogen-bond acceptors (Lipinski definition) is 5. The normalized spacial score (nSPS) is 15.4. The van der Waals surface area contributed by atoms with Crippen LogP contribution in [-0.4, -0.2) is 41.9 Å². The lowest BCUT2D eigenvalue weighted by Crippen LogP contribution is -2.43. The van der Waals surface area contributed by atoms with E-state index in [2.05, 4.69) is 26.7 Å². The van der Waals surface area contributed by atoms with E-state index >= 15 is 0 Å². The van der Waals surface area contributed by atoms with Crippen LogP contribution in [0.1, 0.15) is 16.8 Å². The summed E-state index contributed by atoms with van der Waals surface area (Å²) in [4.78, 5) is 48.9. The second-order valence-corrected chi connectivity index (χ2v) is 8.86. The average Bonchev–Trinajstić information content (AvgIpc) is 3.09. The molecule has 3 amide bonds. The summed E-state index contributed by atoms with van der Waals surface area (Å²) in [6.45, 7) is -0.636. The first-order valence-electron chi connectivity index (χ1n) is 9.12. The Bertz CT molecular complexity index is 1100. The van der Waals surface area contributed by atoms with E-state index in [1.54, 1.807) is 12.1 Å². The molecule has 0 aliphatic carbocycles. The van der Waals surface area contributed by atoms with Crippen molar-refractivity contribution < 1.29 is 23.9 Å². The molecule has 3 rings (SSSR count). The van der Waals surface area contributed by atoms with E-state index < -0.39 is 36.2 Å². The average molecular weight is 564 g/mol. The van der Waals surface area contributed by atoms with E-state index in [1.807, 2.05) is 0 Å². The van der Waals surface area contributed by atoms with Gasteiger partial charge in [-0.05, 0) is 52.3 Å². The van der Waals surface area contributed by atoms with Crippen LogP contribution in [0.25, 0.3) is 0 Å². The van der Waals surface area contributed by atoms with Crippen LogP contribution >= 0.6 is 50.7 Å². The fourth-order valence-corrected chi connectivity index (χ4v) is 3.78. The highest BCUT2D eigenvalue weighted by Gasteiger charge is 2.37. The topological polar surface area (TPSA) is 105 Å². The molecular weight excluding hydrogens is 548 g/mol. The lowest BCUT2D eigenvalue weighted by molar-refractivity contribution is -0.151. The monoisotopic (exact) mass is 561 g/mol. The molecule has 0 radical (unpaired) electrons. The van der Waals surface area contributed by atoms with Gasteiger partial charge in [0, 0.05) is 21.6 Å². The van der Waals surface area contributed by atoms with Gasteiger partial charge in [-0.15, -0.1) is 0 Å². The number of hydrazine groups is 1. The standard InChI is InChI=1S/C20H15BrCl3N3O5/c21-14-4-2-12(7-16(14)24)25-17(28)9-32-20(31)10-5-18(29)27(8-10)26-19(30)13-3-1-11(22)6-15(13)23/h1-4,6-7,10H,5,8-9H2,(H,25,28)(H,26,30)/t10-/m0/s1. The Morgan fingerprint density at radius 2 is 1.84 bits per heavy atom. The molecule has 2 N–H and O–H groups in total. The van der Waals surface area contributed by atoms with E-state index in [0.717, 1.165) is 5.01 Å². The fourth-order valence-electron chi connectivity index (χ4n) is 2.86. The van der Waals surface area contributed by atoms with Gasteiger partial charge in [-0.3, -0.25) is 29.6 Å². The van der Waals surface area contributed by atoms with Crippen LogP contribution in [0.2, 0.25) is 15.1 Å². The molecule has 0 saturated carbocycles. The Hall–Kier alpha value is -2.33. The number of amides is 3. The summed E-state index contributed by atoms with van der Waals surface area (Å²) in [7, 11) is 0. The molecule has 1 atom stereocenters. The van der Waals surface area contributed by atoms with Gasteiger partial charge < -0.3 is 10.1 Å². The molecule has 1 heterocycles. The van der Waals surface area contributed by atoms with Gasteiger partial charge in [-0.25, -0.2) is 0 Å². The van der Waals surface area contributed by atoms with Crippen molar-refractivity contribution in [2.45, 2.75) is 6.42 Å². The minimum absolute atomic E-state index is 0.0987. The second-order valence-electron chi connectivity index (χ2n) is 6.76. The number of hydrogen-bond donors (Lipinski definition) is 2. The smallest absolute Gasteiger partial charge is 0.311 e. The number of halogens is 4. The summed E-state index contributed by atoms with van der Waals surface area (Å²) in [5.41, 5.74) is 2.97. The van der Waals surface area contributed by atoms with Crippen molar-refractivity contribution in [1.29, 1.82) is 0 Å². The molecule has 2 aromatic carbocycles. The predicted molar refractivity (Wildman–Crippen MR) is 122 cm³/mol. The van der Waals surface area contributed by atoms with Gasteiger partial charge in [0.1, 0.15) is 0 Å². The second kappa shape index (κ2) is 10.5. The van der Waals surface area contributed by atoms with Gasteiger partial charge in [0.15, 0.2) is 6.61 Å². The number of esters is 1. The minimum Gasteiger partial charge on any atom is -0.455 e. The van der Waals surface area contributed by atoms with Crippen molar-refractivity contribution in [3.8, 4) is 0 Å². The van der Waals surface area contributed by atoms with Crippen molar-refractivity contribution >= 4 is 80.1 Å². The lowest BCUT2D eigenvalue weighted by Gasteiger charge is -2.18. The molecule has 0 bridgehead atoms. The summed E-state index contributed by atoms with van der Waals surface area (Å²) in [5.74, 6) is -3.23. The van der Waals surface area contributed by atoms with Crippen LogP contribution in [0, 0.1) is 5.92 Å². The molecule has 2 aromatic rings. The summed E-state index contributed by atoms with van der Waals surface area (Å²) >= 11 is 21.0. The highest BCUT2D eigenvalue weighted by molar-refractivity contribution is 9.10. The zero-order valence-corrected chi connectivity index (χ0v) is 20.0. The van der Waals surface area contributed by atoms with Gasteiger partial charge in [0.05, 0.1) is 28.1 Å². The lowest BCUT2D eigenvalue weighted by atomic mass is 10.1. The molecule has 0 unspecified atom stereocenters. The Kier molecular flexibility index (Phi) is 8.00. The first kappa shape index (κ1) is 24.3. The molecule has 32 heavy (non-hydrogen) atoms. The number of anilines is 1. The molecule has 1 saturated heterocycles. The molecule has 0 aromatic heterocycles. The van der Waals surface area contributed by atoms with Crippen molar-refractivity contribution in [2.24, 2.45) is 5.92 Å². The van der Waals surface area contributed by atoms with Crippen molar-refractivity contribution in [3.63, 3.8) is 0 Å². The molecule has 8 nitrogen and oxygen atoms in total. The Balaban J connectivity index is 1.50. The van der Waals surface area contributed by atoms with Gasteiger partial charge in [0.2, 0.25) is 5.91 Å². The van der Waals surface area contributed by atoms with Crippen LogP contribution < -0.4 is 10.7 Å². The summed E-state index contributed by atoms with van der Waals surface area (Å²) in [6.07, 6.45) is -0.169. The van der Waals surface area contributed by atoms with Crippen LogP contribution in [-0.2, 0) is 19.1 Å². The van der Waals surface area contributed by atoms with E-state index in [4.69, 9.17) is 39.5 Å². The van der Waals surface area contributed by atoms with E-state index in [-0.39, 0.29) is 23.6 Å². The number of carbonyl (C=O) groups is 4. The van der Waals surface area contributed by atoms with Crippen LogP contribution in [0.4, 0.5) is 5.69 Å². The number of nitrogens with zero attached hydrogens (tertiary/aromatic N) is 1. The third kappa shape index (κ3) is 6.13. The molecule has 1 aliphatic heterocycles. The van der Waals surface area contributed by atoms with Gasteiger partial charge in [0.25, 0.3) is 11.8 Å². The van der Waals surface area contributed by atoms with E-state index in [9.17, 15) is 19.2 Å². The predicted octanol–water partition coefficient (Wildman–Crippen LogP) is 4.08. The molecule has 1 fully saturated rings. The molecule has 0 spiro atoms. The highest BCUT2D eigenvalue weighted by Crippen LogP contribution is 2.26. The number of rotatable bonds is 6. The van der Waals surface area contributed by atoms with Crippen LogP contribution in [0.5, 0.6) is 0 Å². The third-order valence-corrected chi connectivity index (χ3v) is 6.20. The van der Waals surface area contributed by atoms with E-state index in [0.29, 0.717) is 20.2 Å². The number of benzene rings is 2. The summed E-state index contributed by atoms with van der Waals surface area (Å²) in [5, 5.41) is 4.46. The van der Waals surface area contributed by atoms with Crippen LogP contribution in [0.15, 0.2) is 40.9 Å². The maximum atomic E-state index is 12.4. The first-order valence-corrected chi connectivity index (χ1v) is 11.0. The van der Waals surface area contributed by atoms with Crippen molar-refractivity contribution in [1.82, 2.24) is 10.4 Å². The summed E-state index contributed by atoms with van der Waals surface area (Å²) in [6, 6.07) is 9.13. The molecular formula is C20H15BrCl3N3O5. The first-order chi connectivity index (χ1) is 15.1. The minimum atomic E-state index is -0.835. The Labute approximate surface area is 206 Å². The third-order valence-electron chi connectivity index (χ3n) is 4.42. The fraction of sp³-hybridized carbons (Fsp3) is 0.200. The Morgan fingerprint density at radius 3 is 2.53 bits per heavy atom. The van der Waals surface area contributed by atoms with E-state index in [1.165, 1.54) is 24.3 Å². The maximum Gasteiger partial charge on any atom is 0.311 e. The number of carbonyl (C=O) groups excluding carboxylic acids is 4. The van der Waals surface area contributed by atoms with Gasteiger partial charge >= 0.3 is 5.97 Å². The summed E-state index contributed by atoms with van der Waals surface area (Å²) < 4.78 is 5.68. The number of nitrogens with one attached hydrogen (secondary N) is 2. The molecule has 168 valence electrons. The zero-order valence-electron chi connectivity index (χ0n) is 16.2. The molecule has 12 heteroatoms. The number of ether oxygens (including phenoxy) is 1. The van der Waals surface area contributed by atoms with Crippen molar-refractivity contribution in [3.05, 3.63) is 61.5 Å². The van der Waals surface area contributed by atoms with Crippen molar-refractivity contribution in [2.75, 3.05) is 18.5 Å². The maximum absolute atomic E-state index is 12.4. The highest BCUT2D eigenvalue weighted by atomic mass is 79.9. The van der Waals surface area contributed by atoms with Gasteiger partial charge in [-0.2, -0.15) is 0 Å². The Morgan fingerprint density at radius 1 is 1.09 bits per heavy atom. The van der Waals surface area contributed by atoms with Crippen LogP contribution in [0.3, 0.4) is 0 Å². The van der Waals surface area contributed by atoms with Gasteiger partial charge in [-0.1, -0.05) is 34.8 Å². The largest absolute Gasteiger partial charge is 0.455 e.